The first-order chi connectivity index (χ1) is 14.0. The lowest BCUT2D eigenvalue weighted by atomic mass is 10.2. The quantitative estimate of drug-likeness (QED) is 0.739. The van der Waals surface area contributed by atoms with Crippen molar-refractivity contribution in [1.82, 2.24) is 19.5 Å². The number of aromatic nitrogens is 3. The molecule has 1 saturated heterocycles. The van der Waals surface area contributed by atoms with Gasteiger partial charge in [-0.2, -0.15) is 9.61 Å². The van der Waals surface area contributed by atoms with E-state index in [0.29, 0.717) is 13.1 Å². The van der Waals surface area contributed by atoms with Crippen LogP contribution in [0.5, 0.6) is 5.75 Å². The van der Waals surface area contributed by atoms with Crippen molar-refractivity contribution in [3.05, 3.63) is 47.8 Å². The molecule has 1 unspecified atom stereocenters. The average Bonchev–Trinajstić information content (AvgIpc) is 3.10. The molecule has 2 aromatic heterocycles. The van der Waals surface area contributed by atoms with Crippen LogP contribution in [-0.4, -0.2) is 58.3 Å². The number of nitrogens with one attached hydrogen (secondary N) is 1. The van der Waals surface area contributed by atoms with Gasteiger partial charge in [-0.25, -0.2) is 9.78 Å². The van der Waals surface area contributed by atoms with Crippen LogP contribution in [0.1, 0.15) is 18.1 Å². The van der Waals surface area contributed by atoms with Gasteiger partial charge < -0.3 is 19.9 Å². The highest BCUT2D eigenvalue weighted by Crippen LogP contribution is 2.24. The number of benzene rings is 1. The first-order valence-corrected chi connectivity index (χ1v) is 9.74. The monoisotopic (exact) mass is 394 g/mol. The van der Waals surface area contributed by atoms with E-state index in [1.54, 1.807) is 7.11 Å². The van der Waals surface area contributed by atoms with Gasteiger partial charge in [-0.1, -0.05) is 0 Å². The van der Waals surface area contributed by atoms with Crippen LogP contribution < -0.4 is 15.0 Å². The van der Waals surface area contributed by atoms with Crippen molar-refractivity contribution in [3.8, 4) is 5.75 Å². The Morgan fingerprint density at radius 2 is 2.03 bits per heavy atom. The summed E-state index contributed by atoms with van der Waals surface area (Å²) >= 11 is 0. The summed E-state index contributed by atoms with van der Waals surface area (Å²) in [6.45, 7) is 8.08. The number of carbonyl (C=O) groups is 1. The van der Waals surface area contributed by atoms with Gasteiger partial charge in [-0.05, 0) is 50.6 Å². The molecule has 1 aliphatic rings. The van der Waals surface area contributed by atoms with Crippen LogP contribution in [0.2, 0.25) is 0 Å². The SMILES string of the molecule is COc1ccc(NC(=O)N2CCN(c3ccnc4c(C)cnn34)C(C)C2)c(C)c1. The molecule has 1 aliphatic heterocycles. The number of aryl methyl sites for hydroxylation is 2. The Morgan fingerprint density at radius 3 is 2.76 bits per heavy atom. The highest BCUT2D eigenvalue weighted by atomic mass is 16.5. The molecule has 3 heterocycles. The van der Waals surface area contributed by atoms with Crippen molar-refractivity contribution < 1.29 is 9.53 Å². The van der Waals surface area contributed by atoms with E-state index in [9.17, 15) is 4.79 Å². The summed E-state index contributed by atoms with van der Waals surface area (Å²) in [5.74, 6) is 1.78. The summed E-state index contributed by atoms with van der Waals surface area (Å²) in [5.41, 5.74) is 3.68. The van der Waals surface area contributed by atoms with Gasteiger partial charge in [-0.3, -0.25) is 0 Å². The van der Waals surface area contributed by atoms with E-state index >= 15 is 0 Å². The number of hydrogen-bond acceptors (Lipinski definition) is 5. The van der Waals surface area contributed by atoms with Crippen LogP contribution >= 0.6 is 0 Å². The number of fused-ring (bicyclic) bond motifs is 1. The molecule has 8 heteroatoms. The summed E-state index contributed by atoms with van der Waals surface area (Å²) in [4.78, 5) is 21.4. The first kappa shape index (κ1) is 19.0. The van der Waals surface area contributed by atoms with Crippen molar-refractivity contribution in [2.75, 3.05) is 37.0 Å². The number of methoxy groups -OCH3 is 1. The van der Waals surface area contributed by atoms with Crippen LogP contribution in [0.25, 0.3) is 5.65 Å². The van der Waals surface area contributed by atoms with Crippen molar-refractivity contribution in [2.24, 2.45) is 0 Å². The second-order valence-electron chi connectivity index (χ2n) is 7.47. The van der Waals surface area contributed by atoms with E-state index in [0.717, 1.165) is 40.6 Å². The molecule has 1 N–H and O–H groups in total. The van der Waals surface area contributed by atoms with Crippen LogP contribution in [0.15, 0.2) is 36.7 Å². The molecule has 152 valence electrons. The van der Waals surface area contributed by atoms with E-state index in [-0.39, 0.29) is 12.1 Å². The van der Waals surface area contributed by atoms with Gasteiger partial charge in [0.05, 0.1) is 13.3 Å². The van der Waals surface area contributed by atoms with Gasteiger partial charge in [0.2, 0.25) is 0 Å². The molecule has 0 radical (unpaired) electrons. The minimum absolute atomic E-state index is 0.0837. The molecule has 1 aromatic carbocycles. The third-order valence-electron chi connectivity index (χ3n) is 5.44. The smallest absolute Gasteiger partial charge is 0.321 e. The highest BCUT2D eigenvalue weighted by Gasteiger charge is 2.28. The zero-order valence-corrected chi connectivity index (χ0v) is 17.2. The second-order valence-corrected chi connectivity index (χ2v) is 7.47. The molecule has 2 amide bonds. The lowest BCUT2D eigenvalue weighted by Gasteiger charge is -2.40. The van der Waals surface area contributed by atoms with E-state index in [1.165, 1.54) is 0 Å². The summed E-state index contributed by atoms with van der Waals surface area (Å²) in [6.07, 6.45) is 3.65. The zero-order valence-electron chi connectivity index (χ0n) is 17.2. The molecule has 29 heavy (non-hydrogen) atoms. The van der Waals surface area contributed by atoms with Crippen LogP contribution in [0.4, 0.5) is 16.3 Å². The van der Waals surface area contributed by atoms with Crippen molar-refractivity contribution >= 4 is 23.2 Å². The molecule has 4 rings (SSSR count). The number of nitrogens with zero attached hydrogens (tertiary/aromatic N) is 5. The molecule has 0 spiro atoms. The number of rotatable bonds is 3. The summed E-state index contributed by atoms with van der Waals surface area (Å²) in [7, 11) is 1.63. The van der Waals surface area contributed by atoms with Gasteiger partial charge >= 0.3 is 6.03 Å². The maximum Gasteiger partial charge on any atom is 0.321 e. The predicted octanol–water partition coefficient (Wildman–Crippen LogP) is 3.10. The summed E-state index contributed by atoms with van der Waals surface area (Å²) in [5, 5.41) is 7.50. The zero-order chi connectivity index (χ0) is 20.5. The number of anilines is 2. The van der Waals surface area contributed by atoms with Crippen LogP contribution in [0.3, 0.4) is 0 Å². The molecule has 1 atom stereocenters. The standard InChI is InChI=1S/C21H26N6O2/c1-14-11-17(29-4)5-6-18(14)24-21(28)25-9-10-26(16(3)13-25)19-7-8-22-20-15(2)12-23-27(19)20/h5-8,11-12,16H,9-10,13H2,1-4H3,(H,24,28). The van der Waals surface area contributed by atoms with Gasteiger partial charge in [0.25, 0.3) is 0 Å². The fraction of sp³-hybridized carbons (Fsp3) is 0.381. The predicted molar refractivity (Wildman–Crippen MR) is 113 cm³/mol. The van der Waals surface area contributed by atoms with Gasteiger partial charge in [-0.15, -0.1) is 0 Å². The fourth-order valence-corrected chi connectivity index (χ4v) is 3.79. The van der Waals surface area contributed by atoms with Gasteiger partial charge in [0.15, 0.2) is 5.65 Å². The molecule has 0 aliphatic carbocycles. The van der Waals surface area contributed by atoms with Crippen molar-refractivity contribution in [2.45, 2.75) is 26.8 Å². The van der Waals surface area contributed by atoms with E-state index in [4.69, 9.17) is 4.74 Å². The Balaban J connectivity index is 1.46. The lowest BCUT2D eigenvalue weighted by molar-refractivity contribution is 0.200. The van der Waals surface area contributed by atoms with E-state index in [2.05, 4.69) is 27.2 Å². The molecule has 0 saturated carbocycles. The largest absolute Gasteiger partial charge is 0.497 e. The third kappa shape index (κ3) is 3.57. The Morgan fingerprint density at radius 1 is 1.21 bits per heavy atom. The van der Waals surface area contributed by atoms with Crippen LogP contribution in [0, 0.1) is 13.8 Å². The Hall–Kier alpha value is -3.29. The number of ether oxygens (including phenoxy) is 1. The first-order valence-electron chi connectivity index (χ1n) is 9.74. The Bertz CT molecular complexity index is 1050. The highest BCUT2D eigenvalue weighted by molar-refractivity contribution is 5.90. The maximum atomic E-state index is 12.8. The number of urea groups is 1. The Labute approximate surface area is 170 Å². The minimum Gasteiger partial charge on any atom is -0.497 e. The topological polar surface area (TPSA) is 75.0 Å². The fourth-order valence-electron chi connectivity index (χ4n) is 3.79. The number of amides is 2. The number of hydrogen-bond donors (Lipinski definition) is 1. The third-order valence-corrected chi connectivity index (χ3v) is 5.44. The number of piperazine rings is 1. The lowest BCUT2D eigenvalue weighted by Crippen LogP contribution is -2.55. The second kappa shape index (κ2) is 7.62. The van der Waals surface area contributed by atoms with Gasteiger partial charge in [0.1, 0.15) is 11.6 Å². The normalized spacial score (nSPS) is 16.9. The van der Waals surface area contributed by atoms with E-state index < -0.39 is 0 Å². The van der Waals surface area contributed by atoms with Gasteiger partial charge in [0, 0.05) is 43.1 Å². The minimum atomic E-state index is -0.0837. The molecular formula is C21H26N6O2. The summed E-state index contributed by atoms with van der Waals surface area (Å²) < 4.78 is 7.11. The Kier molecular flexibility index (Phi) is 5.00. The molecule has 3 aromatic rings. The molecule has 0 bridgehead atoms. The molecule has 8 nitrogen and oxygen atoms in total. The van der Waals surface area contributed by atoms with E-state index in [1.807, 2.05) is 59.9 Å². The average molecular weight is 394 g/mol. The molecule has 1 fully saturated rings. The molecular weight excluding hydrogens is 368 g/mol. The van der Waals surface area contributed by atoms with Crippen LogP contribution in [-0.2, 0) is 0 Å². The van der Waals surface area contributed by atoms with Crippen molar-refractivity contribution in [3.63, 3.8) is 0 Å². The van der Waals surface area contributed by atoms with Crippen molar-refractivity contribution in [1.29, 1.82) is 0 Å². The summed E-state index contributed by atoms with van der Waals surface area (Å²) in [6, 6.07) is 7.69. The maximum absolute atomic E-state index is 12.8. The number of carbonyl (C=O) groups excluding carboxylic acids is 1.